The molecule has 0 fully saturated rings. The molecule has 1 rings (SSSR count). The van der Waals surface area contributed by atoms with Crippen LogP contribution in [0.3, 0.4) is 0 Å². The zero-order valence-electron chi connectivity index (χ0n) is 8.10. The van der Waals surface area contributed by atoms with Gasteiger partial charge in [-0.05, 0) is 28.4 Å². The molecule has 1 heterocycles. The molecule has 0 bridgehead atoms. The molecule has 0 saturated carbocycles. The zero-order valence-corrected chi connectivity index (χ0v) is 9.00. The molecule has 0 radical (unpaired) electrons. The molecule has 0 aliphatic carbocycles. The first-order valence-corrected chi connectivity index (χ1v) is 5.84. The fourth-order valence-corrected chi connectivity index (χ4v) is 3.35. The van der Waals surface area contributed by atoms with E-state index in [1.54, 1.807) is 9.81 Å². The maximum Gasteiger partial charge on any atom is -0.00861 e. The molecule has 0 aromatic rings. The van der Waals surface area contributed by atoms with E-state index < -0.39 is 0 Å². The molecule has 0 N–H and O–H groups in total. The summed E-state index contributed by atoms with van der Waals surface area (Å²) in [6.07, 6.45) is 6.93. The molecule has 1 aliphatic heterocycles. The second kappa shape index (κ2) is 2.71. The van der Waals surface area contributed by atoms with Crippen LogP contribution in [0.1, 0.15) is 27.7 Å². The van der Waals surface area contributed by atoms with Gasteiger partial charge in [0.15, 0.2) is 0 Å². The smallest absolute Gasteiger partial charge is 0.00861 e. The van der Waals surface area contributed by atoms with Gasteiger partial charge in [0.1, 0.15) is 0 Å². The van der Waals surface area contributed by atoms with Crippen LogP contribution in [0.15, 0.2) is 22.0 Å². The van der Waals surface area contributed by atoms with E-state index in [1.165, 1.54) is 0 Å². The highest BCUT2D eigenvalue weighted by molar-refractivity contribution is 8.23. The summed E-state index contributed by atoms with van der Waals surface area (Å²) in [5.41, 5.74) is 0.370. The molecular formula is C10H18S. The van der Waals surface area contributed by atoms with Crippen LogP contribution in [0.25, 0.3) is 0 Å². The third kappa shape index (κ3) is 1.70. The minimum absolute atomic E-state index is 0.0445. The lowest BCUT2D eigenvalue weighted by Crippen LogP contribution is -2.07. The molecule has 64 valence electrons. The number of hydrogen-bond donors (Lipinski definition) is 1. The summed E-state index contributed by atoms with van der Waals surface area (Å²) in [4.78, 5) is 3.19. The second-order valence-corrected chi connectivity index (χ2v) is 6.47. The Balaban J connectivity index is 2.83. The van der Waals surface area contributed by atoms with Crippen LogP contribution in [0.2, 0.25) is 0 Å². The van der Waals surface area contributed by atoms with E-state index in [9.17, 15) is 0 Å². The van der Waals surface area contributed by atoms with Crippen molar-refractivity contribution in [1.29, 1.82) is 0 Å². The fourth-order valence-electron chi connectivity index (χ4n) is 1.37. The highest BCUT2D eigenvalue weighted by Crippen LogP contribution is 2.51. The van der Waals surface area contributed by atoms with Gasteiger partial charge in [-0.1, -0.05) is 32.9 Å². The van der Waals surface area contributed by atoms with Crippen LogP contribution >= 0.6 is 10.9 Å². The summed E-state index contributed by atoms with van der Waals surface area (Å²) in [5, 5.41) is 0. The summed E-state index contributed by atoms with van der Waals surface area (Å²) in [6, 6.07) is 0. The van der Waals surface area contributed by atoms with Crippen molar-refractivity contribution in [3.8, 4) is 0 Å². The average Bonchev–Trinajstić information content (AvgIpc) is 2.11. The Morgan fingerprint density at radius 3 is 1.91 bits per heavy atom. The van der Waals surface area contributed by atoms with Gasteiger partial charge in [-0.25, -0.2) is 10.9 Å². The van der Waals surface area contributed by atoms with E-state index in [4.69, 9.17) is 0 Å². The summed E-state index contributed by atoms with van der Waals surface area (Å²) < 4.78 is 0. The molecule has 11 heavy (non-hydrogen) atoms. The Bertz CT molecular complexity index is 216. The normalized spacial score (nSPS) is 28.3. The summed E-state index contributed by atoms with van der Waals surface area (Å²) in [7, 11) is 0.0445. The molecule has 0 spiro atoms. The predicted molar refractivity (Wildman–Crippen MR) is 56.2 cm³/mol. The molecule has 0 amide bonds. The number of allylic oxidation sites excluding steroid dienone is 4. The van der Waals surface area contributed by atoms with Crippen molar-refractivity contribution >= 4 is 10.9 Å². The lowest BCUT2D eigenvalue weighted by Gasteiger charge is -2.28. The van der Waals surface area contributed by atoms with Crippen molar-refractivity contribution in [2.45, 2.75) is 27.7 Å². The van der Waals surface area contributed by atoms with Crippen LogP contribution in [0, 0.1) is 5.41 Å². The third-order valence-electron chi connectivity index (χ3n) is 2.14. The van der Waals surface area contributed by atoms with E-state index in [0.29, 0.717) is 5.41 Å². The van der Waals surface area contributed by atoms with E-state index in [0.717, 1.165) is 0 Å². The van der Waals surface area contributed by atoms with Crippen molar-refractivity contribution in [1.82, 2.24) is 0 Å². The minimum atomic E-state index is 0.0445. The maximum atomic E-state index is 2.35. The van der Waals surface area contributed by atoms with Crippen molar-refractivity contribution in [3.05, 3.63) is 22.0 Å². The Kier molecular flexibility index (Phi) is 2.19. The summed E-state index contributed by atoms with van der Waals surface area (Å²) >= 11 is 0. The predicted octanol–water partition coefficient (Wildman–Crippen LogP) is 3.46. The molecule has 1 aliphatic rings. The van der Waals surface area contributed by atoms with E-state index in [1.807, 2.05) is 0 Å². The highest BCUT2D eigenvalue weighted by Gasteiger charge is 2.23. The topological polar surface area (TPSA) is 0 Å². The standard InChI is InChI=1S/C10H18S/c1-8-6-7-9(11(8)5)10(2,3)4/h6-7,11H,1-5H3. The molecule has 0 saturated heterocycles. The van der Waals surface area contributed by atoms with Crippen molar-refractivity contribution in [3.63, 3.8) is 0 Å². The van der Waals surface area contributed by atoms with Crippen LogP contribution < -0.4 is 0 Å². The first kappa shape index (κ1) is 8.92. The average molecular weight is 170 g/mol. The van der Waals surface area contributed by atoms with E-state index in [2.05, 4.69) is 46.1 Å². The van der Waals surface area contributed by atoms with Crippen molar-refractivity contribution in [2.75, 3.05) is 6.26 Å². The van der Waals surface area contributed by atoms with Crippen LogP contribution in [0.5, 0.6) is 0 Å². The van der Waals surface area contributed by atoms with Gasteiger partial charge in [-0.2, -0.15) is 0 Å². The van der Waals surface area contributed by atoms with Crippen LogP contribution in [0.4, 0.5) is 0 Å². The molecule has 0 nitrogen and oxygen atoms in total. The lowest BCUT2D eigenvalue weighted by atomic mass is 9.96. The van der Waals surface area contributed by atoms with Crippen LogP contribution in [-0.2, 0) is 0 Å². The first-order valence-electron chi connectivity index (χ1n) is 4.06. The number of rotatable bonds is 0. The fraction of sp³-hybridized carbons (Fsp3) is 0.600. The highest BCUT2D eigenvalue weighted by atomic mass is 32.2. The SMILES string of the molecule is CC1=CC=C(C(C)(C)C)[SH]1C. The molecular weight excluding hydrogens is 152 g/mol. The van der Waals surface area contributed by atoms with E-state index >= 15 is 0 Å². The Morgan fingerprint density at radius 2 is 1.73 bits per heavy atom. The first-order chi connectivity index (χ1) is 4.93. The molecule has 0 aromatic heterocycles. The summed E-state index contributed by atoms with van der Waals surface area (Å²) in [6.45, 7) is 9.12. The van der Waals surface area contributed by atoms with Gasteiger partial charge in [0.05, 0.1) is 0 Å². The molecule has 1 atom stereocenters. The van der Waals surface area contributed by atoms with Crippen molar-refractivity contribution < 1.29 is 0 Å². The van der Waals surface area contributed by atoms with Gasteiger partial charge in [0.25, 0.3) is 0 Å². The number of thiol groups is 1. The lowest BCUT2D eigenvalue weighted by molar-refractivity contribution is 0.533. The Hall–Kier alpha value is -0.170. The Morgan fingerprint density at radius 1 is 1.18 bits per heavy atom. The van der Waals surface area contributed by atoms with Gasteiger partial charge in [-0.3, -0.25) is 0 Å². The van der Waals surface area contributed by atoms with E-state index in [-0.39, 0.29) is 10.9 Å². The molecule has 0 aromatic carbocycles. The Labute approximate surface area is 72.7 Å². The number of hydrogen-bond acceptors (Lipinski definition) is 0. The maximum absolute atomic E-state index is 2.35. The summed E-state index contributed by atoms with van der Waals surface area (Å²) in [5.74, 6) is 0. The van der Waals surface area contributed by atoms with Gasteiger partial charge >= 0.3 is 0 Å². The van der Waals surface area contributed by atoms with Gasteiger partial charge in [-0.15, -0.1) is 0 Å². The van der Waals surface area contributed by atoms with Crippen molar-refractivity contribution in [2.24, 2.45) is 5.41 Å². The van der Waals surface area contributed by atoms with Gasteiger partial charge < -0.3 is 0 Å². The zero-order chi connectivity index (χ0) is 8.65. The van der Waals surface area contributed by atoms with Gasteiger partial charge in [0.2, 0.25) is 0 Å². The minimum Gasteiger partial charge on any atom is -0.210 e. The monoisotopic (exact) mass is 170 g/mol. The second-order valence-electron chi connectivity index (χ2n) is 4.17. The third-order valence-corrected chi connectivity index (χ3v) is 4.89. The molecule has 1 unspecified atom stereocenters. The quantitative estimate of drug-likeness (QED) is 0.529. The largest absolute Gasteiger partial charge is 0.210 e. The van der Waals surface area contributed by atoms with Crippen LogP contribution in [-0.4, -0.2) is 6.26 Å². The molecule has 1 heteroatoms. The van der Waals surface area contributed by atoms with Gasteiger partial charge in [0, 0.05) is 0 Å².